The third kappa shape index (κ3) is 4.57. The molecular weight excluding hydrogens is 148 g/mol. The fourth-order valence-electron chi connectivity index (χ4n) is 0.603. The van der Waals surface area contributed by atoms with Crippen LogP contribution in [0, 0.1) is 0 Å². The highest BCUT2D eigenvalue weighted by atomic mass is 35.5. The number of carbonyl (C=O) groups is 1. The second kappa shape index (κ2) is 5.48. The molecule has 0 spiro atoms. The monoisotopic (exact) mass is 160 g/mol. The molecule has 0 aromatic heterocycles. The summed E-state index contributed by atoms with van der Waals surface area (Å²) in [7, 11) is 0. The van der Waals surface area contributed by atoms with Gasteiger partial charge in [-0.15, -0.1) is 0 Å². The Hall–Kier alpha value is -0.300. The average molecular weight is 161 g/mol. The van der Waals surface area contributed by atoms with Crippen molar-refractivity contribution in [2.75, 3.05) is 0 Å². The van der Waals surface area contributed by atoms with Gasteiger partial charge in [-0.3, -0.25) is 4.79 Å². The predicted octanol–water partition coefficient (Wildman–Crippen LogP) is 2.89. The van der Waals surface area contributed by atoms with Gasteiger partial charge in [-0.05, 0) is 24.9 Å². The number of unbranched alkanes of at least 4 members (excludes halogenated alkanes) is 2. The van der Waals surface area contributed by atoms with E-state index in [0.29, 0.717) is 5.57 Å². The lowest BCUT2D eigenvalue weighted by Gasteiger charge is -1.91. The first-order valence-corrected chi connectivity index (χ1v) is 3.93. The fraction of sp³-hybridized carbons (Fsp3) is 0.625. The summed E-state index contributed by atoms with van der Waals surface area (Å²) in [6, 6.07) is 0. The smallest absolute Gasteiger partial charge is 0.247 e. The van der Waals surface area contributed by atoms with Crippen LogP contribution in [-0.4, -0.2) is 5.24 Å². The van der Waals surface area contributed by atoms with Crippen molar-refractivity contribution in [2.24, 2.45) is 0 Å². The standard InChI is InChI=1S/C8H13ClO/c1-3-4-5-6-7(2)8(9)10/h6H,3-5H2,1-2H3. The zero-order valence-corrected chi connectivity index (χ0v) is 7.24. The minimum atomic E-state index is -0.337. The molecule has 0 atom stereocenters. The van der Waals surface area contributed by atoms with Gasteiger partial charge >= 0.3 is 0 Å². The Morgan fingerprint density at radius 1 is 1.60 bits per heavy atom. The van der Waals surface area contributed by atoms with Gasteiger partial charge in [0, 0.05) is 5.57 Å². The lowest BCUT2D eigenvalue weighted by Crippen LogP contribution is -1.86. The molecule has 0 rings (SSSR count). The maximum absolute atomic E-state index is 10.4. The summed E-state index contributed by atoms with van der Waals surface area (Å²) in [6.45, 7) is 3.86. The van der Waals surface area contributed by atoms with Crippen molar-refractivity contribution >= 4 is 16.8 Å². The zero-order valence-electron chi connectivity index (χ0n) is 6.48. The van der Waals surface area contributed by atoms with E-state index in [2.05, 4.69) is 6.92 Å². The molecule has 0 saturated carbocycles. The number of halogens is 1. The van der Waals surface area contributed by atoms with Gasteiger partial charge in [0.25, 0.3) is 0 Å². The molecule has 2 heteroatoms. The highest BCUT2D eigenvalue weighted by molar-refractivity contribution is 6.67. The van der Waals surface area contributed by atoms with Gasteiger partial charge in [0.05, 0.1) is 0 Å². The van der Waals surface area contributed by atoms with Crippen LogP contribution >= 0.6 is 11.6 Å². The molecule has 0 saturated heterocycles. The minimum absolute atomic E-state index is 0.337. The van der Waals surface area contributed by atoms with E-state index in [1.807, 2.05) is 6.08 Å². The first kappa shape index (κ1) is 9.70. The van der Waals surface area contributed by atoms with Crippen LogP contribution in [-0.2, 0) is 4.79 Å². The molecule has 0 aliphatic rings. The van der Waals surface area contributed by atoms with Crippen molar-refractivity contribution in [1.29, 1.82) is 0 Å². The van der Waals surface area contributed by atoms with E-state index in [1.54, 1.807) is 6.92 Å². The normalized spacial score (nSPS) is 11.7. The molecule has 0 aliphatic carbocycles. The first-order valence-electron chi connectivity index (χ1n) is 3.55. The Kier molecular flexibility index (Phi) is 5.32. The molecule has 0 N–H and O–H groups in total. The second-order valence-electron chi connectivity index (χ2n) is 2.30. The lowest BCUT2D eigenvalue weighted by molar-refractivity contribution is -0.108. The molecule has 0 bridgehead atoms. The Balaban J connectivity index is 3.58. The summed E-state index contributed by atoms with van der Waals surface area (Å²) in [6.07, 6.45) is 5.13. The van der Waals surface area contributed by atoms with Crippen LogP contribution in [0.15, 0.2) is 11.6 Å². The van der Waals surface area contributed by atoms with Crippen molar-refractivity contribution < 1.29 is 4.79 Å². The first-order chi connectivity index (χ1) is 4.68. The SMILES string of the molecule is CCCCC=C(C)C(=O)Cl. The summed E-state index contributed by atoms with van der Waals surface area (Å²) in [4.78, 5) is 10.4. The maximum Gasteiger partial charge on any atom is 0.247 e. The predicted molar refractivity (Wildman–Crippen MR) is 44.1 cm³/mol. The van der Waals surface area contributed by atoms with Gasteiger partial charge in [-0.2, -0.15) is 0 Å². The zero-order chi connectivity index (χ0) is 7.98. The molecular formula is C8H13ClO. The molecule has 0 radical (unpaired) electrons. The maximum atomic E-state index is 10.4. The summed E-state index contributed by atoms with van der Waals surface area (Å²) in [5.74, 6) is 0. The van der Waals surface area contributed by atoms with Gasteiger partial charge in [0.15, 0.2) is 0 Å². The van der Waals surface area contributed by atoms with Gasteiger partial charge in [0.1, 0.15) is 0 Å². The third-order valence-electron chi connectivity index (χ3n) is 1.32. The molecule has 1 nitrogen and oxygen atoms in total. The molecule has 0 aromatic rings. The van der Waals surface area contributed by atoms with Crippen LogP contribution in [0.4, 0.5) is 0 Å². The van der Waals surface area contributed by atoms with Crippen molar-refractivity contribution in [3.8, 4) is 0 Å². The molecule has 0 unspecified atom stereocenters. The molecule has 0 aliphatic heterocycles. The van der Waals surface area contributed by atoms with Crippen LogP contribution in [0.3, 0.4) is 0 Å². The Labute approximate surface area is 67.1 Å². The molecule has 0 aromatic carbocycles. The number of hydrogen-bond donors (Lipinski definition) is 0. The Morgan fingerprint density at radius 3 is 2.60 bits per heavy atom. The minimum Gasteiger partial charge on any atom is -0.276 e. The van der Waals surface area contributed by atoms with E-state index in [4.69, 9.17) is 11.6 Å². The van der Waals surface area contributed by atoms with Crippen LogP contribution in [0.25, 0.3) is 0 Å². The van der Waals surface area contributed by atoms with Crippen molar-refractivity contribution in [2.45, 2.75) is 33.1 Å². The summed E-state index contributed by atoms with van der Waals surface area (Å²) >= 11 is 5.20. The van der Waals surface area contributed by atoms with Gasteiger partial charge in [-0.25, -0.2) is 0 Å². The number of rotatable bonds is 4. The average Bonchev–Trinajstić information content (AvgIpc) is 1.88. The molecule has 10 heavy (non-hydrogen) atoms. The topological polar surface area (TPSA) is 17.1 Å². The lowest BCUT2D eigenvalue weighted by atomic mass is 10.2. The fourth-order valence-corrected chi connectivity index (χ4v) is 0.680. The summed E-state index contributed by atoms with van der Waals surface area (Å²) in [5.41, 5.74) is 0.662. The van der Waals surface area contributed by atoms with Crippen LogP contribution < -0.4 is 0 Å². The Morgan fingerprint density at radius 2 is 2.20 bits per heavy atom. The van der Waals surface area contributed by atoms with E-state index >= 15 is 0 Å². The number of hydrogen-bond acceptors (Lipinski definition) is 1. The van der Waals surface area contributed by atoms with E-state index in [0.717, 1.165) is 19.3 Å². The van der Waals surface area contributed by atoms with E-state index < -0.39 is 0 Å². The quantitative estimate of drug-likeness (QED) is 0.351. The number of carbonyl (C=O) groups excluding carboxylic acids is 1. The van der Waals surface area contributed by atoms with Gasteiger partial charge < -0.3 is 0 Å². The summed E-state index contributed by atoms with van der Waals surface area (Å²) < 4.78 is 0. The molecule has 0 amide bonds. The largest absolute Gasteiger partial charge is 0.276 e. The molecule has 0 heterocycles. The third-order valence-corrected chi connectivity index (χ3v) is 1.62. The van der Waals surface area contributed by atoms with Crippen molar-refractivity contribution in [1.82, 2.24) is 0 Å². The highest BCUT2D eigenvalue weighted by Gasteiger charge is 1.95. The van der Waals surface area contributed by atoms with Crippen LogP contribution in [0.2, 0.25) is 0 Å². The second-order valence-corrected chi connectivity index (χ2v) is 2.65. The summed E-state index contributed by atoms with van der Waals surface area (Å²) in [5, 5.41) is -0.337. The highest BCUT2D eigenvalue weighted by Crippen LogP contribution is 2.03. The molecule has 0 fully saturated rings. The van der Waals surface area contributed by atoms with E-state index in [9.17, 15) is 4.79 Å². The van der Waals surface area contributed by atoms with E-state index in [-0.39, 0.29) is 5.24 Å². The van der Waals surface area contributed by atoms with Crippen molar-refractivity contribution in [3.05, 3.63) is 11.6 Å². The van der Waals surface area contributed by atoms with Gasteiger partial charge in [-0.1, -0.05) is 25.8 Å². The number of allylic oxidation sites excluding steroid dienone is 2. The van der Waals surface area contributed by atoms with Crippen LogP contribution in [0.1, 0.15) is 33.1 Å². The Bertz CT molecular complexity index is 138. The van der Waals surface area contributed by atoms with Crippen molar-refractivity contribution in [3.63, 3.8) is 0 Å². The molecule has 58 valence electrons. The van der Waals surface area contributed by atoms with Gasteiger partial charge in [0.2, 0.25) is 5.24 Å². The van der Waals surface area contributed by atoms with Crippen LogP contribution in [0.5, 0.6) is 0 Å². The van der Waals surface area contributed by atoms with E-state index in [1.165, 1.54) is 0 Å².